The van der Waals surface area contributed by atoms with E-state index in [1.807, 2.05) is 19.1 Å². The molecule has 1 unspecified atom stereocenters. The molecule has 0 radical (unpaired) electrons. The minimum atomic E-state index is -2.81. The van der Waals surface area contributed by atoms with Gasteiger partial charge in [0.05, 0.1) is 0 Å². The number of benzene rings is 1. The van der Waals surface area contributed by atoms with Crippen molar-refractivity contribution in [2.45, 2.75) is 26.1 Å². The second kappa shape index (κ2) is 6.96. The smallest absolute Gasteiger partial charge is 0.387 e. The van der Waals surface area contributed by atoms with E-state index in [1.165, 1.54) is 0 Å². The van der Waals surface area contributed by atoms with Crippen LogP contribution < -0.4 is 10.1 Å². The molecule has 1 aromatic carbocycles. The SMILES string of the molecule is CC(NCc1ccccc1OC(F)F)c1ccncc1. The fourth-order valence-corrected chi connectivity index (χ4v) is 1.89. The summed E-state index contributed by atoms with van der Waals surface area (Å²) in [6.45, 7) is -0.355. The van der Waals surface area contributed by atoms with Crippen LogP contribution >= 0.6 is 0 Å². The number of pyridine rings is 1. The molecule has 1 heterocycles. The molecule has 0 saturated carbocycles. The molecule has 1 atom stereocenters. The summed E-state index contributed by atoms with van der Waals surface area (Å²) in [5, 5.41) is 3.28. The minimum Gasteiger partial charge on any atom is -0.434 e. The number of rotatable bonds is 6. The van der Waals surface area contributed by atoms with E-state index < -0.39 is 6.61 Å². The van der Waals surface area contributed by atoms with Gasteiger partial charge in [-0.25, -0.2) is 0 Å². The molecule has 0 amide bonds. The fourth-order valence-electron chi connectivity index (χ4n) is 1.89. The van der Waals surface area contributed by atoms with Gasteiger partial charge in [0, 0.05) is 30.5 Å². The number of hydrogen-bond donors (Lipinski definition) is 1. The van der Waals surface area contributed by atoms with Crippen molar-refractivity contribution in [2.24, 2.45) is 0 Å². The van der Waals surface area contributed by atoms with Gasteiger partial charge >= 0.3 is 6.61 Å². The molecular weight excluding hydrogens is 262 g/mol. The van der Waals surface area contributed by atoms with Gasteiger partial charge in [0.25, 0.3) is 0 Å². The normalized spacial score (nSPS) is 12.4. The molecule has 0 saturated heterocycles. The number of aromatic nitrogens is 1. The van der Waals surface area contributed by atoms with E-state index in [4.69, 9.17) is 0 Å². The summed E-state index contributed by atoms with van der Waals surface area (Å²) in [6.07, 6.45) is 3.45. The van der Waals surface area contributed by atoms with Gasteiger partial charge in [0.1, 0.15) is 5.75 Å². The van der Waals surface area contributed by atoms with E-state index in [1.54, 1.807) is 36.7 Å². The lowest BCUT2D eigenvalue weighted by molar-refractivity contribution is -0.0505. The topological polar surface area (TPSA) is 34.1 Å². The average Bonchev–Trinajstić information content (AvgIpc) is 2.46. The molecule has 1 aromatic heterocycles. The summed E-state index contributed by atoms with van der Waals surface area (Å²) in [7, 11) is 0. The lowest BCUT2D eigenvalue weighted by Crippen LogP contribution is -2.19. The van der Waals surface area contributed by atoms with Crippen LogP contribution in [0.5, 0.6) is 5.75 Å². The molecule has 3 nitrogen and oxygen atoms in total. The van der Waals surface area contributed by atoms with Crippen molar-refractivity contribution in [1.82, 2.24) is 10.3 Å². The highest BCUT2D eigenvalue weighted by molar-refractivity contribution is 5.33. The van der Waals surface area contributed by atoms with Crippen LogP contribution in [0.2, 0.25) is 0 Å². The van der Waals surface area contributed by atoms with Gasteiger partial charge in [-0.1, -0.05) is 18.2 Å². The summed E-state index contributed by atoms with van der Waals surface area (Å²) >= 11 is 0. The highest BCUT2D eigenvalue weighted by Crippen LogP contribution is 2.21. The lowest BCUT2D eigenvalue weighted by Gasteiger charge is -2.16. The molecule has 0 aliphatic rings. The zero-order valence-corrected chi connectivity index (χ0v) is 11.1. The number of nitrogens with zero attached hydrogens (tertiary/aromatic N) is 1. The molecule has 5 heteroatoms. The van der Waals surface area contributed by atoms with Gasteiger partial charge in [0.2, 0.25) is 0 Å². The summed E-state index contributed by atoms with van der Waals surface area (Å²) in [4.78, 5) is 3.96. The van der Waals surface area contributed by atoms with E-state index >= 15 is 0 Å². The van der Waals surface area contributed by atoms with Crippen LogP contribution in [0.15, 0.2) is 48.8 Å². The zero-order chi connectivity index (χ0) is 14.4. The van der Waals surface area contributed by atoms with Crippen molar-refractivity contribution in [3.63, 3.8) is 0 Å². The minimum absolute atomic E-state index is 0.0950. The quantitative estimate of drug-likeness (QED) is 0.877. The van der Waals surface area contributed by atoms with Crippen molar-refractivity contribution in [2.75, 3.05) is 0 Å². The third-order valence-electron chi connectivity index (χ3n) is 2.99. The predicted octanol–water partition coefficient (Wildman–Crippen LogP) is 3.53. The summed E-state index contributed by atoms with van der Waals surface area (Å²) in [6, 6.07) is 10.7. The first-order chi connectivity index (χ1) is 9.66. The molecule has 2 rings (SSSR count). The van der Waals surface area contributed by atoms with Gasteiger partial charge in [-0.2, -0.15) is 8.78 Å². The van der Waals surface area contributed by atoms with E-state index in [2.05, 4.69) is 15.0 Å². The van der Waals surface area contributed by atoms with E-state index in [0.29, 0.717) is 12.1 Å². The third kappa shape index (κ3) is 3.99. The Labute approximate surface area is 116 Å². The molecular formula is C15H16F2N2O. The Morgan fingerprint density at radius 1 is 1.15 bits per heavy atom. The van der Waals surface area contributed by atoms with E-state index in [0.717, 1.165) is 5.56 Å². The Balaban J connectivity index is 2.00. The van der Waals surface area contributed by atoms with Crippen molar-refractivity contribution in [3.05, 3.63) is 59.9 Å². The Hall–Kier alpha value is -2.01. The van der Waals surface area contributed by atoms with Crippen LogP contribution in [0.3, 0.4) is 0 Å². The van der Waals surface area contributed by atoms with Crippen LogP contribution in [-0.4, -0.2) is 11.6 Å². The largest absolute Gasteiger partial charge is 0.434 e. The molecule has 20 heavy (non-hydrogen) atoms. The maximum Gasteiger partial charge on any atom is 0.387 e. The Morgan fingerprint density at radius 2 is 1.85 bits per heavy atom. The summed E-state index contributed by atoms with van der Waals surface area (Å²) in [5.74, 6) is 0.205. The second-order valence-corrected chi connectivity index (χ2v) is 4.37. The molecule has 1 N–H and O–H groups in total. The number of nitrogens with one attached hydrogen (secondary N) is 1. The van der Waals surface area contributed by atoms with Crippen molar-refractivity contribution < 1.29 is 13.5 Å². The molecule has 0 bridgehead atoms. The Morgan fingerprint density at radius 3 is 2.55 bits per heavy atom. The number of halogens is 2. The highest BCUT2D eigenvalue weighted by atomic mass is 19.3. The number of para-hydroxylation sites is 1. The average molecular weight is 278 g/mol. The summed E-state index contributed by atoms with van der Waals surface area (Å²) in [5.41, 5.74) is 1.79. The predicted molar refractivity (Wildman–Crippen MR) is 72.6 cm³/mol. The molecule has 0 aliphatic heterocycles. The number of ether oxygens (including phenoxy) is 1. The van der Waals surface area contributed by atoms with Gasteiger partial charge in [0.15, 0.2) is 0 Å². The van der Waals surface area contributed by atoms with Gasteiger partial charge in [-0.15, -0.1) is 0 Å². The molecule has 2 aromatic rings. The zero-order valence-electron chi connectivity index (χ0n) is 11.1. The monoisotopic (exact) mass is 278 g/mol. The van der Waals surface area contributed by atoms with E-state index in [9.17, 15) is 8.78 Å². The second-order valence-electron chi connectivity index (χ2n) is 4.37. The van der Waals surface area contributed by atoms with Gasteiger partial charge in [-0.05, 0) is 30.7 Å². The Bertz CT molecular complexity index is 534. The van der Waals surface area contributed by atoms with Crippen LogP contribution in [0, 0.1) is 0 Å². The van der Waals surface area contributed by atoms with E-state index in [-0.39, 0.29) is 11.8 Å². The van der Waals surface area contributed by atoms with Gasteiger partial charge in [-0.3, -0.25) is 4.98 Å². The van der Waals surface area contributed by atoms with Crippen LogP contribution in [-0.2, 0) is 6.54 Å². The lowest BCUT2D eigenvalue weighted by atomic mass is 10.1. The van der Waals surface area contributed by atoms with Crippen molar-refractivity contribution in [1.29, 1.82) is 0 Å². The highest BCUT2D eigenvalue weighted by Gasteiger charge is 2.10. The standard InChI is InChI=1S/C15H16F2N2O/c1-11(12-6-8-18-9-7-12)19-10-13-4-2-3-5-14(13)20-15(16)17/h2-9,11,15,19H,10H2,1H3. The Kier molecular flexibility index (Phi) is 5.01. The number of hydrogen-bond acceptors (Lipinski definition) is 3. The van der Waals surface area contributed by atoms with Crippen molar-refractivity contribution >= 4 is 0 Å². The molecule has 0 fully saturated rings. The molecule has 0 aliphatic carbocycles. The van der Waals surface area contributed by atoms with Crippen LogP contribution in [0.4, 0.5) is 8.78 Å². The van der Waals surface area contributed by atoms with Crippen LogP contribution in [0.1, 0.15) is 24.1 Å². The fraction of sp³-hybridized carbons (Fsp3) is 0.267. The first kappa shape index (κ1) is 14.4. The van der Waals surface area contributed by atoms with Crippen molar-refractivity contribution in [3.8, 4) is 5.75 Å². The third-order valence-corrected chi connectivity index (χ3v) is 2.99. The van der Waals surface area contributed by atoms with Crippen LogP contribution in [0.25, 0.3) is 0 Å². The maximum atomic E-state index is 12.3. The number of alkyl halides is 2. The first-order valence-electron chi connectivity index (χ1n) is 6.33. The summed E-state index contributed by atoms with van der Waals surface area (Å²) < 4.78 is 29.1. The maximum absolute atomic E-state index is 12.3. The first-order valence-corrected chi connectivity index (χ1v) is 6.33. The van der Waals surface area contributed by atoms with Gasteiger partial charge < -0.3 is 10.1 Å². The molecule has 0 spiro atoms. The molecule has 106 valence electrons.